The van der Waals surface area contributed by atoms with Gasteiger partial charge in [0, 0.05) is 23.7 Å². The Labute approximate surface area is 130 Å². The van der Waals surface area contributed by atoms with Crippen LogP contribution in [0.1, 0.15) is 17.4 Å². The van der Waals surface area contributed by atoms with Gasteiger partial charge in [0.15, 0.2) is 10.1 Å². The van der Waals surface area contributed by atoms with Gasteiger partial charge in [-0.15, -0.1) is 11.3 Å². The zero-order chi connectivity index (χ0) is 15.5. The van der Waals surface area contributed by atoms with Gasteiger partial charge in [-0.3, -0.25) is 4.79 Å². The van der Waals surface area contributed by atoms with Crippen molar-refractivity contribution >= 4 is 28.8 Å². The van der Waals surface area contributed by atoms with E-state index in [9.17, 15) is 9.18 Å². The van der Waals surface area contributed by atoms with Gasteiger partial charge < -0.3 is 10.1 Å². The summed E-state index contributed by atoms with van der Waals surface area (Å²) in [4.78, 5) is 17.1. The first-order chi connectivity index (χ1) is 9.97. The third-order valence-electron chi connectivity index (χ3n) is 3.18. The van der Waals surface area contributed by atoms with Crippen LogP contribution in [0, 0.1) is 5.82 Å². The summed E-state index contributed by atoms with van der Waals surface area (Å²) in [5.41, 5.74) is -1.22. The average Bonchev–Trinajstić information content (AvgIpc) is 2.90. The summed E-state index contributed by atoms with van der Waals surface area (Å²) in [5, 5.41) is 2.71. The smallest absolute Gasteiger partial charge is 0.257 e. The molecule has 1 aromatic carbocycles. The lowest BCUT2D eigenvalue weighted by Gasteiger charge is -2.27. The van der Waals surface area contributed by atoms with Gasteiger partial charge in [0.25, 0.3) is 5.91 Å². The maximum atomic E-state index is 13.9. The molecule has 0 aliphatic rings. The zero-order valence-corrected chi connectivity index (χ0v) is 13.1. The van der Waals surface area contributed by atoms with E-state index in [1.54, 1.807) is 18.3 Å². The van der Waals surface area contributed by atoms with E-state index in [1.165, 1.54) is 37.5 Å². The molecule has 0 aliphatic heterocycles. The van der Waals surface area contributed by atoms with Crippen LogP contribution in [0.2, 0.25) is 4.47 Å². The molecule has 0 radical (unpaired) electrons. The monoisotopic (exact) mass is 328 g/mol. The van der Waals surface area contributed by atoms with Crippen LogP contribution in [0.5, 0.6) is 0 Å². The van der Waals surface area contributed by atoms with Crippen LogP contribution in [0.4, 0.5) is 4.39 Å². The molecule has 112 valence electrons. The molecule has 0 bridgehead atoms. The van der Waals surface area contributed by atoms with E-state index < -0.39 is 17.3 Å². The largest absolute Gasteiger partial charge is 0.364 e. The number of carbonyl (C=O) groups is 1. The first-order valence-corrected chi connectivity index (χ1v) is 7.35. The van der Waals surface area contributed by atoms with Crippen molar-refractivity contribution in [1.82, 2.24) is 10.3 Å². The molecule has 4 nitrogen and oxygen atoms in total. The number of nitrogens with one attached hydrogen (secondary N) is 1. The van der Waals surface area contributed by atoms with Crippen LogP contribution in [0.3, 0.4) is 0 Å². The third-order valence-corrected chi connectivity index (χ3v) is 4.29. The maximum absolute atomic E-state index is 13.9. The Morgan fingerprint density at radius 3 is 2.81 bits per heavy atom. The first kappa shape index (κ1) is 15.9. The van der Waals surface area contributed by atoms with Crippen LogP contribution in [0.15, 0.2) is 30.5 Å². The van der Waals surface area contributed by atoms with Crippen molar-refractivity contribution < 1.29 is 13.9 Å². The Bertz CT molecular complexity index is 649. The highest BCUT2D eigenvalue weighted by molar-refractivity contribution is 7.15. The van der Waals surface area contributed by atoms with Crippen LogP contribution in [-0.2, 0) is 21.7 Å². The summed E-state index contributed by atoms with van der Waals surface area (Å²) < 4.78 is 19.6. The standard InChI is InChI=1S/C14H14ClFN2O2S/c1-14(20-2,10-5-3-4-6-11(10)16)12(19)17-7-9-8-18-13(15)21-9/h3-6,8H,7H2,1-2H3,(H,17,19)/t14-/m0/s1. The number of carbonyl (C=O) groups excluding carboxylic acids is 1. The normalized spacial score (nSPS) is 13.7. The van der Waals surface area contributed by atoms with E-state index in [0.717, 1.165) is 4.88 Å². The highest BCUT2D eigenvalue weighted by atomic mass is 35.5. The van der Waals surface area contributed by atoms with Gasteiger partial charge in [-0.2, -0.15) is 0 Å². The lowest BCUT2D eigenvalue weighted by atomic mass is 9.94. The second-order valence-corrected chi connectivity index (χ2v) is 6.18. The average molecular weight is 329 g/mol. The first-order valence-electron chi connectivity index (χ1n) is 6.16. The van der Waals surface area contributed by atoms with Gasteiger partial charge in [0.05, 0.1) is 6.54 Å². The second-order valence-electron chi connectivity index (χ2n) is 4.48. The van der Waals surface area contributed by atoms with Crippen LogP contribution < -0.4 is 5.32 Å². The molecular formula is C14H14ClFN2O2S. The molecule has 7 heteroatoms. The zero-order valence-electron chi connectivity index (χ0n) is 11.5. The molecule has 1 heterocycles. The molecule has 2 aromatic rings. The summed E-state index contributed by atoms with van der Waals surface area (Å²) >= 11 is 7.00. The molecule has 1 amide bonds. The van der Waals surface area contributed by atoms with Gasteiger partial charge in [-0.1, -0.05) is 29.8 Å². The van der Waals surface area contributed by atoms with Crippen molar-refractivity contribution in [2.24, 2.45) is 0 Å². The number of nitrogens with zero attached hydrogens (tertiary/aromatic N) is 1. The highest BCUT2D eigenvalue weighted by Crippen LogP contribution is 2.27. The predicted octanol–water partition coefficient (Wildman–Crippen LogP) is 3.11. The SMILES string of the molecule is CO[C@](C)(C(=O)NCc1cnc(Cl)s1)c1ccccc1F. The molecule has 0 spiro atoms. The van der Waals surface area contributed by atoms with Crippen molar-refractivity contribution in [2.75, 3.05) is 7.11 Å². The molecular weight excluding hydrogens is 315 g/mol. The van der Waals surface area contributed by atoms with E-state index in [-0.39, 0.29) is 12.1 Å². The van der Waals surface area contributed by atoms with Crippen LogP contribution in [0.25, 0.3) is 0 Å². The highest BCUT2D eigenvalue weighted by Gasteiger charge is 2.37. The Morgan fingerprint density at radius 1 is 1.52 bits per heavy atom. The molecule has 1 N–H and O–H groups in total. The topological polar surface area (TPSA) is 51.2 Å². The fourth-order valence-corrected chi connectivity index (χ4v) is 2.79. The number of amides is 1. The molecule has 0 unspecified atom stereocenters. The van der Waals surface area contributed by atoms with Crippen molar-refractivity contribution in [3.8, 4) is 0 Å². The number of halogens is 2. The molecule has 1 atom stereocenters. The number of hydrogen-bond acceptors (Lipinski definition) is 4. The van der Waals surface area contributed by atoms with Gasteiger partial charge >= 0.3 is 0 Å². The van der Waals surface area contributed by atoms with E-state index in [2.05, 4.69) is 10.3 Å². The number of thiazole rings is 1. The second kappa shape index (κ2) is 6.51. The quantitative estimate of drug-likeness (QED) is 0.917. The Kier molecular flexibility index (Phi) is 4.92. The van der Waals surface area contributed by atoms with Gasteiger partial charge in [-0.05, 0) is 13.0 Å². The number of ether oxygens (including phenoxy) is 1. The molecule has 21 heavy (non-hydrogen) atoms. The van der Waals surface area contributed by atoms with E-state index in [4.69, 9.17) is 16.3 Å². The minimum Gasteiger partial charge on any atom is -0.364 e. The van der Waals surface area contributed by atoms with Crippen molar-refractivity contribution in [3.63, 3.8) is 0 Å². The fraction of sp³-hybridized carbons (Fsp3) is 0.286. The molecule has 0 saturated carbocycles. The van der Waals surface area contributed by atoms with E-state index >= 15 is 0 Å². The van der Waals surface area contributed by atoms with Gasteiger partial charge in [0.1, 0.15) is 5.82 Å². The summed E-state index contributed by atoms with van der Waals surface area (Å²) in [6.07, 6.45) is 1.58. The third kappa shape index (κ3) is 3.40. The molecule has 1 aromatic heterocycles. The van der Waals surface area contributed by atoms with Gasteiger partial charge in [0.2, 0.25) is 0 Å². The fourth-order valence-electron chi connectivity index (χ4n) is 1.87. The van der Waals surface area contributed by atoms with Crippen LogP contribution >= 0.6 is 22.9 Å². The summed E-state index contributed by atoms with van der Waals surface area (Å²) in [6, 6.07) is 6.04. The number of rotatable bonds is 5. The lowest BCUT2D eigenvalue weighted by Crippen LogP contribution is -2.43. The predicted molar refractivity (Wildman–Crippen MR) is 79.7 cm³/mol. The Hall–Kier alpha value is -1.50. The van der Waals surface area contributed by atoms with Crippen molar-refractivity contribution in [2.45, 2.75) is 19.1 Å². The van der Waals surface area contributed by atoms with E-state index in [1.807, 2.05) is 0 Å². The summed E-state index contributed by atoms with van der Waals surface area (Å²) in [5.74, 6) is -0.919. The van der Waals surface area contributed by atoms with Crippen molar-refractivity contribution in [3.05, 3.63) is 51.2 Å². The minimum absolute atomic E-state index is 0.187. The number of aromatic nitrogens is 1. The Morgan fingerprint density at radius 2 is 2.24 bits per heavy atom. The van der Waals surface area contributed by atoms with Crippen molar-refractivity contribution in [1.29, 1.82) is 0 Å². The molecule has 0 aliphatic carbocycles. The van der Waals surface area contributed by atoms with E-state index in [0.29, 0.717) is 4.47 Å². The summed E-state index contributed by atoms with van der Waals surface area (Å²) in [6.45, 7) is 1.79. The number of hydrogen-bond donors (Lipinski definition) is 1. The minimum atomic E-state index is -1.40. The number of benzene rings is 1. The summed E-state index contributed by atoms with van der Waals surface area (Å²) in [7, 11) is 1.37. The Balaban J connectivity index is 2.16. The molecule has 0 fully saturated rings. The van der Waals surface area contributed by atoms with Gasteiger partial charge in [-0.25, -0.2) is 9.37 Å². The molecule has 0 saturated heterocycles. The van der Waals surface area contributed by atoms with Crippen LogP contribution in [-0.4, -0.2) is 18.0 Å². The molecule has 2 rings (SSSR count). The maximum Gasteiger partial charge on any atom is 0.257 e. The lowest BCUT2D eigenvalue weighted by molar-refractivity contribution is -0.143. The number of methoxy groups -OCH3 is 1.